The van der Waals surface area contributed by atoms with Gasteiger partial charge in [-0.2, -0.15) is 0 Å². The third-order valence-electron chi connectivity index (χ3n) is 3.04. The lowest BCUT2D eigenvalue weighted by Gasteiger charge is -2.34. The van der Waals surface area contributed by atoms with E-state index in [1.165, 1.54) is 6.42 Å². The first-order valence-corrected chi connectivity index (χ1v) is 7.84. The minimum absolute atomic E-state index is 0. The van der Waals surface area contributed by atoms with Crippen LogP contribution in [0.4, 0.5) is 0 Å². The number of rotatable bonds is 9. The number of ketones is 1. The van der Waals surface area contributed by atoms with Gasteiger partial charge in [-0.05, 0) is 26.7 Å². The second-order valence-corrected chi connectivity index (χ2v) is 5.46. The maximum atomic E-state index is 11.9. The lowest BCUT2D eigenvalue weighted by atomic mass is 9.83. The number of carbonyl (C=O) groups excluding carboxylic acids is 1. The van der Waals surface area contributed by atoms with Crippen molar-refractivity contribution < 1.29 is 4.79 Å². The summed E-state index contributed by atoms with van der Waals surface area (Å²) in [5, 5.41) is 3.32. The van der Waals surface area contributed by atoms with Crippen molar-refractivity contribution >= 4 is 5.78 Å². The number of carbonyl (C=O) groups is 1. The van der Waals surface area contributed by atoms with Gasteiger partial charge in [0.2, 0.25) is 0 Å². The summed E-state index contributed by atoms with van der Waals surface area (Å²) >= 11 is 0. The monoisotopic (exact) mass is 285 g/mol. The van der Waals surface area contributed by atoms with E-state index < -0.39 is 0 Å². The van der Waals surface area contributed by atoms with E-state index >= 15 is 0 Å². The fraction of sp³-hybridized carbons (Fsp3) is 0.833. The summed E-state index contributed by atoms with van der Waals surface area (Å²) in [5.41, 5.74) is 0.528. The summed E-state index contributed by atoms with van der Waals surface area (Å²) in [7, 11) is 0. The molecule has 1 N–H and O–H groups in total. The van der Waals surface area contributed by atoms with Crippen molar-refractivity contribution in [3.8, 4) is 0 Å². The molecule has 0 saturated carbocycles. The van der Waals surface area contributed by atoms with E-state index in [1.54, 1.807) is 6.92 Å². The molecule has 0 spiro atoms. The summed E-state index contributed by atoms with van der Waals surface area (Å²) in [4.78, 5) is 11.9. The van der Waals surface area contributed by atoms with E-state index in [-0.39, 0.29) is 18.7 Å². The highest BCUT2D eigenvalue weighted by Crippen LogP contribution is 2.24. The molecule has 122 valence electrons. The quantitative estimate of drug-likeness (QED) is 0.574. The molecule has 0 aromatic carbocycles. The summed E-state index contributed by atoms with van der Waals surface area (Å²) < 4.78 is 0. The standard InChI is InChI=1S/C14H27NO.C3H8.CH4/c1-6-8-10-14(13(5)16,11-9-7-2)15-12(3)4;1-3-2;/h15H,3,6-11H2,1-2,4-5H3;3H2,1-2H3;1H4. The fourth-order valence-electron chi connectivity index (χ4n) is 2.06. The number of hydrogen-bond donors (Lipinski definition) is 1. The average Bonchev–Trinajstić information content (AvgIpc) is 2.33. The van der Waals surface area contributed by atoms with Gasteiger partial charge in [0.05, 0.1) is 5.54 Å². The van der Waals surface area contributed by atoms with E-state index in [9.17, 15) is 4.79 Å². The van der Waals surface area contributed by atoms with Crippen molar-refractivity contribution in [2.75, 3.05) is 0 Å². The predicted octanol–water partition coefficient (Wildman–Crippen LogP) is 5.87. The predicted molar refractivity (Wildman–Crippen MR) is 93.1 cm³/mol. The summed E-state index contributed by atoms with van der Waals surface area (Å²) in [6.45, 7) is 16.1. The van der Waals surface area contributed by atoms with E-state index in [2.05, 4.69) is 39.6 Å². The smallest absolute Gasteiger partial charge is 0.155 e. The topological polar surface area (TPSA) is 29.1 Å². The van der Waals surface area contributed by atoms with Crippen LogP contribution in [0.15, 0.2) is 12.3 Å². The Morgan fingerprint density at radius 1 is 1.00 bits per heavy atom. The first-order chi connectivity index (χ1) is 8.90. The number of unbranched alkanes of at least 4 members (excludes halogenated alkanes) is 2. The van der Waals surface area contributed by atoms with Gasteiger partial charge in [0.25, 0.3) is 0 Å². The zero-order valence-electron chi connectivity index (χ0n) is 14.1. The van der Waals surface area contributed by atoms with Gasteiger partial charge < -0.3 is 5.32 Å². The third kappa shape index (κ3) is 11.1. The van der Waals surface area contributed by atoms with Crippen molar-refractivity contribution in [3.05, 3.63) is 12.3 Å². The van der Waals surface area contributed by atoms with Crippen LogP contribution in [0.5, 0.6) is 0 Å². The fourth-order valence-corrected chi connectivity index (χ4v) is 2.06. The average molecular weight is 286 g/mol. The number of hydrogen-bond acceptors (Lipinski definition) is 2. The van der Waals surface area contributed by atoms with E-state index in [1.807, 2.05) is 6.92 Å². The molecule has 0 fully saturated rings. The van der Waals surface area contributed by atoms with Crippen molar-refractivity contribution in [1.29, 1.82) is 0 Å². The lowest BCUT2D eigenvalue weighted by molar-refractivity contribution is -0.123. The van der Waals surface area contributed by atoms with Gasteiger partial charge in [-0.15, -0.1) is 0 Å². The van der Waals surface area contributed by atoms with Gasteiger partial charge in [-0.1, -0.05) is 73.8 Å². The van der Waals surface area contributed by atoms with Crippen LogP contribution in [0.2, 0.25) is 0 Å². The second-order valence-electron chi connectivity index (χ2n) is 5.46. The van der Waals surface area contributed by atoms with Crippen LogP contribution in [0.1, 0.15) is 93.9 Å². The zero-order chi connectivity index (χ0) is 15.3. The van der Waals surface area contributed by atoms with Gasteiger partial charge in [0.1, 0.15) is 0 Å². The number of Topliss-reactive ketones (excluding diaryl/α,β-unsaturated/α-hetero) is 1. The summed E-state index contributed by atoms with van der Waals surface area (Å²) in [6.07, 6.45) is 7.52. The molecular formula is C18H39NO. The van der Waals surface area contributed by atoms with Gasteiger partial charge in [0.15, 0.2) is 5.78 Å². The molecule has 0 aromatic heterocycles. The molecule has 0 atom stereocenters. The Morgan fingerprint density at radius 3 is 1.55 bits per heavy atom. The van der Waals surface area contributed by atoms with Crippen LogP contribution in [0.25, 0.3) is 0 Å². The molecular weight excluding hydrogens is 246 g/mol. The van der Waals surface area contributed by atoms with Gasteiger partial charge >= 0.3 is 0 Å². The molecule has 0 heterocycles. The van der Waals surface area contributed by atoms with Gasteiger partial charge in [-0.25, -0.2) is 0 Å². The van der Waals surface area contributed by atoms with Crippen LogP contribution in [0.3, 0.4) is 0 Å². The molecule has 0 unspecified atom stereocenters. The Hall–Kier alpha value is -0.790. The molecule has 0 amide bonds. The van der Waals surface area contributed by atoms with Gasteiger partial charge in [-0.3, -0.25) is 4.79 Å². The Kier molecular flexibility index (Phi) is 17.7. The molecule has 2 heteroatoms. The Labute approximate surface area is 128 Å². The molecule has 2 nitrogen and oxygen atoms in total. The van der Waals surface area contributed by atoms with Crippen molar-refractivity contribution in [2.45, 2.75) is 99.5 Å². The minimum atomic E-state index is -0.363. The van der Waals surface area contributed by atoms with Crippen molar-refractivity contribution in [3.63, 3.8) is 0 Å². The van der Waals surface area contributed by atoms with Crippen LogP contribution in [0, 0.1) is 0 Å². The molecule has 0 rings (SSSR count). The molecule has 0 bridgehead atoms. The highest BCUT2D eigenvalue weighted by atomic mass is 16.1. The van der Waals surface area contributed by atoms with Gasteiger partial charge in [0, 0.05) is 5.70 Å². The molecule has 20 heavy (non-hydrogen) atoms. The molecule has 0 aliphatic carbocycles. The highest BCUT2D eigenvalue weighted by molar-refractivity contribution is 5.86. The molecule has 0 aliphatic rings. The van der Waals surface area contributed by atoms with Crippen molar-refractivity contribution in [1.82, 2.24) is 5.32 Å². The number of allylic oxidation sites excluding steroid dienone is 1. The largest absolute Gasteiger partial charge is 0.377 e. The Balaban J connectivity index is -0.000000657. The van der Waals surface area contributed by atoms with Crippen LogP contribution >= 0.6 is 0 Å². The van der Waals surface area contributed by atoms with Crippen LogP contribution in [-0.4, -0.2) is 11.3 Å². The summed E-state index contributed by atoms with van der Waals surface area (Å²) in [6, 6.07) is 0. The van der Waals surface area contributed by atoms with Crippen molar-refractivity contribution in [2.24, 2.45) is 0 Å². The first-order valence-electron chi connectivity index (χ1n) is 7.84. The second kappa shape index (κ2) is 14.6. The van der Waals surface area contributed by atoms with Crippen LogP contribution < -0.4 is 5.32 Å². The number of nitrogens with one attached hydrogen (secondary N) is 1. The van der Waals surface area contributed by atoms with E-state index in [4.69, 9.17) is 0 Å². The Morgan fingerprint density at radius 2 is 1.35 bits per heavy atom. The maximum Gasteiger partial charge on any atom is 0.155 e. The maximum absolute atomic E-state index is 11.9. The SMILES string of the molecule is C.C=C(C)NC(CCCC)(CCCC)C(C)=O.CCC. The zero-order valence-corrected chi connectivity index (χ0v) is 14.1. The molecule has 0 radical (unpaired) electrons. The highest BCUT2D eigenvalue weighted by Gasteiger charge is 2.33. The molecule has 0 saturated heterocycles. The Bertz CT molecular complexity index is 238. The lowest BCUT2D eigenvalue weighted by Crippen LogP contribution is -2.50. The summed E-state index contributed by atoms with van der Waals surface area (Å²) in [5.74, 6) is 0.248. The third-order valence-corrected chi connectivity index (χ3v) is 3.04. The van der Waals surface area contributed by atoms with E-state index in [0.29, 0.717) is 0 Å². The van der Waals surface area contributed by atoms with Crippen LogP contribution in [-0.2, 0) is 4.79 Å². The van der Waals surface area contributed by atoms with E-state index in [0.717, 1.165) is 44.2 Å². The molecule has 0 aliphatic heterocycles. The first kappa shape index (κ1) is 24.2. The minimum Gasteiger partial charge on any atom is -0.377 e. The normalized spacial score (nSPS) is 9.90. The molecule has 0 aromatic rings.